The minimum absolute atomic E-state index is 0.0116. The largest absolute Gasteiger partial charge is 0.504 e. The van der Waals surface area contributed by atoms with Crippen molar-refractivity contribution in [3.63, 3.8) is 0 Å². The Morgan fingerprint density at radius 1 is 0.724 bits per heavy atom. The summed E-state index contributed by atoms with van der Waals surface area (Å²) in [5, 5.41) is 17.0. The van der Waals surface area contributed by atoms with E-state index in [4.69, 9.17) is 27.9 Å². The average molecular weight is 424 g/mol. The van der Waals surface area contributed by atoms with Crippen molar-refractivity contribution < 1.29 is 9.84 Å². The molecule has 0 bridgehead atoms. The number of benzene rings is 4. The molecule has 29 heavy (non-hydrogen) atoms. The molecule has 0 aliphatic carbocycles. The zero-order chi connectivity index (χ0) is 20.2. The van der Waals surface area contributed by atoms with Crippen LogP contribution in [-0.4, -0.2) is 5.11 Å². The van der Waals surface area contributed by atoms with Crippen molar-refractivity contribution in [2.24, 2.45) is 0 Å². The number of halogens is 2. The second-order valence-electron chi connectivity index (χ2n) is 6.75. The molecule has 0 spiro atoms. The zero-order valence-corrected chi connectivity index (χ0v) is 17.0. The summed E-state index contributed by atoms with van der Waals surface area (Å²) in [5.41, 5.74) is 2.09. The average Bonchev–Trinajstić information content (AvgIpc) is 2.71. The van der Waals surface area contributed by atoms with Crippen molar-refractivity contribution >= 4 is 34.0 Å². The maximum atomic E-state index is 10.1. The second kappa shape index (κ2) is 8.75. The Hall–Kier alpha value is -2.72. The number of phenols is 1. The summed E-state index contributed by atoms with van der Waals surface area (Å²) in [6.45, 7) is 1.28. The number of ether oxygens (including phenoxy) is 1. The van der Waals surface area contributed by atoms with E-state index < -0.39 is 0 Å². The highest BCUT2D eigenvalue weighted by Gasteiger charge is 2.10. The lowest BCUT2D eigenvalue weighted by molar-refractivity contribution is 0.408. The van der Waals surface area contributed by atoms with E-state index in [0.29, 0.717) is 34.6 Å². The Bertz CT molecular complexity index is 1160. The molecular weight excluding hydrogens is 405 g/mol. The van der Waals surface area contributed by atoms with Crippen LogP contribution < -0.4 is 10.1 Å². The molecule has 0 atom stereocenters. The molecule has 0 heterocycles. The Morgan fingerprint density at radius 2 is 1.45 bits per heavy atom. The predicted molar refractivity (Wildman–Crippen MR) is 119 cm³/mol. The predicted octanol–water partition coefficient (Wildman–Crippen LogP) is 6.93. The number of nitrogens with one attached hydrogen (secondary N) is 1. The molecule has 0 amide bonds. The van der Waals surface area contributed by atoms with E-state index in [2.05, 4.69) is 35.6 Å². The lowest BCUT2D eigenvalue weighted by atomic mass is 10.1. The first-order valence-corrected chi connectivity index (χ1v) is 9.97. The van der Waals surface area contributed by atoms with Gasteiger partial charge in [-0.15, -0.1) is 0 Å². The highest BCUT2D eigenvalue weighted by molar-refractivity contribution is 6.31. The maximum Gasteiger partial charge on any atom is 0.169 e. The minimum Gasteiger partial charge on any atom is -0.504 e. The van der Waals surface area contributed by atoms with Crippen molar-refractivity contribution in [2.45, 2.75) is 13.1 Å². The van der Waals surface area contributed by atoms with Crippen LogP contribution in [0.2, 0.25) is 10.0 Å². The number of rotatable bonds is 6. The van der Waals surface area contributed by atoms with Gasteiger partial charge in [0.1, 0.15) is 5.75 Å². The molecule has 0 saturated carbocycles. The van der Waals surface area contributed by atoms with Crippen molar-refractivity contribution in [3.8, 4) is 17.2 Å². The molecule has 0 aliphatic heterocycles. The van der Waals surface area contributed by atoms with Crippen LogP contribution in [0, 0.1) is 0 Å². The molecule has 2 N–H and O–H groups in total. The van der Waals surface area contributed by atoms with Crippen LogP contribution in [0.3, 0.4) is 0 Å². The summed E-state index contributed by atoms with van der Waals surface area (Å²) < 4.78 is 5.90. The van der Waals surface area contributed by atoms with E-state index in [1.54, 1.807) is 24.3 Å². The first-order chi connectivity index (χ1) is 14.1. The fourth-order valence-electron chi connectivity index (χ4n) is 3.17. The van der Waals surface area contributed by atoms with E-state index in [9.17, 15) is 5.11 Å². The van der Waals surface area contributed by atoms with Crippen LogP contribution in [0.1, 0.15) is 11.1 Å². The van der Waals surface area contributed by atoms with Gasteiger partial charge in [-0.05, 0) is 52.7 Å². The molecule has 0 saturated heterocycles. The first-order valence-electron chi connectivity index (χ1n) is 9.22. The molecule has 4 aromatic rings. The Labute approximate surface area is 179 Å². The van der Waals surface area contributed by atoms with Gasteiger partial charge in [0.15, 0.2) is 11.5 Å². The molecule has 0 radical (unpaired) electrons. The smallest absolute Gasteiger partial charge is 0.169 e. The standard InChI is InChI=1S/C24H19Cl2NO2/c25-20-7-9-23(29-24-10-8-21(26)13-22(24)28)19(12-20)15-27-14-16-5-6-17-3-1-2-4-18(17)11-16/h1-13,27-28H,14-15H2. The molecule has 4 aromatic carbocycles. The summed E-state index contributed by atoms with van der Waals surface area (Å²) in [6, 6.07) is 24.9. The lowest BCUT2D eigenvalue weighted by Gasteiger charge is -2.14. The molecule has 146 valence electrons. The van der Waals surface area contributed by atoms with Gasteiger partial charge in [0, 0.05) is 34.8 Å². The molecule has 0 fully saturated rings. The van der Waals surface area contributed by atoms with Crippen molar-refractivity contribution in [1.29, 1.82) is 0 Å². The third kappa shape index (κ3) is 4.83. The van der Waals surface area contributed by atoms with Gasteiger partial charge >= 0.3 is 0 Å². The van der Waals surface area contributed by atoms with Crippen LogP contribution in [0.25, 0.3) is 10.8 Å². The normalized spacial score (nSPS) is 11.0. The van der Waals surface area contributed by atoms with Gasteiger partial charge in [0.2, 0.25) is 0 Å². The summed E-state index contributed by atoms with van der Waals surface area (Å²) in [5.74, 6) is 0.952. The lowest BCUT2D eigenvalue weighted by Crippen LogP contribution is -2.13. The van der Waals surface area contributed by atoms with E-state index >= 15 is 0 Å². The van der Waals surface area contributed by atoms with E-state index in [1.165, 1.54) is 22.4 Å². The summed E-state index contributed by atoms with van der Waals surface area (Å²) >= 11 is 12.1. The van der Waals surface area contributed by atoms with Crippen LogP contribution in [0.15, 0.2) is 78.9 Å². The molecule has 0 unspecified atom stereocenters. The highest BCUT2D eigenvalue weighted by Crippen LogP contribution is 2.35. The van der Waals surface area contributed by atoms with Gasteiger partial charge in [0.25, 0.3) is 0 Å². The summed E-state index contributed by atoms with van der Waals surface area (Å²) in [6.07, 6.45) is 0. The van der Waals surface area contributed by atoms with Gasteiger partial charge in [-0.2, -0.15) is 0 Å². The topological polar surface area (TPSA) is 41.5 Å². The fourth-order valence-corrected chi connectivity index (χ4v) is 3.53. The Morgan fingerprint density at radius 3 is 2.24 bits per heavy atom. The van der Waals surface area contributed by atoms with Gasteiger partial charge < -0.3 is 15.2 Å². The zero-order valence-electron chi connectivity index (χ0n) is 15.5. The van der Waals surface area contributed by atoms with Crippen LogP contribution in [-0.2, 0) is 13.1 Å². The minimum atomic E-state index is -0.0116. The number of aromatic hydroxyl groups is 1. The van der Waals surface area contributed by atoms with Gasteiger partial charge in [-0.3, -0.25) is 0 Å². The molecule has 0 aliphatic rings. The molecule has 5 heteroatoms. The van der Waals surface area contributed by atoms with Crippen LogP contribution in [0.4, 0.5) is 0 Å². The van der Waals surface area contributed by atoms with Gasteiger partial charge in [-0.1, -0.05) is 59.6 Å². The van der Waals surface area contributed by atoms with Crippen molar-refractivity contribution in [2.75, 3.05) is 0 Å². The number of hydrogen-bond acceptors (Lipinski definition) is 3. The quantitative estimate of drug-likeness (QED) is 0.353. The number of phenolic OH excluding ortho intramolecular Hbond substituents is 1. The molecule has 4 rings (SSSR count). The third-order valence-electron chi connectivity index (χ3n) is 4.62. The monoisotopic (exact) mass is 423 g/mol. The van der Waals surface area contributed by atoms with Crippen LogP contribution in [0.5, 0.6) is 17.2 Å². The van der Waals surface area contributed by atoms with E-state index in [1.807, 2.05) is 18.2 Å². The Kier molecular flexibility index (Phi) is 5.91. The number of hydrogen-bond donors (Lipinski definition) is 2. The van der Waals surface area contributed by atoms with E-state index in [-0.39, 0.29) is 5.75 Å². The van der Waals surface area contributed by atoms with E-state index in [0.717, 1.165) is 5.56 Å². The molecule has 3 nitrogen and oxygen atoms in total. The maximum absolute atomic E-state index is 10.1. The molecular formula is C24H19Cl2NO2. The SMILES string of the molecule is Oc1cc(Cl)ccc1Oc1ccc(Cl)cc1CNCc1ccc2ccccc2c1. The molecule has 0 aromatic heterocycles. The summed E-state index contributed by atoms with van der Waals surface area (Å²) in [7, 11) is 0. The van der Waals surface area contributed by atoms with Gasteiger partial charge in [-0.25, -0.2) is 0 Å². The van der Waals surface area contributed by atoms with Crippen molar-refractivity contribution in [1.82, 2.24) is 5.32 Å². The second-order valence-corrected chi connectivity index (χ2v) is 7.62. The van der Waals surface area contributed by atoms with Crippen molar-refractivity contribution in [3.05, 3.63) is 100 Å². The highest BCUT2D eigenvalue weighted by atomic mass is 35.5. The van der Waals surface area contributed by atoms with Gasteiger partial charge in [0.05, 0.1) is 0 Å². The third-order valence-corrected chi connectivity index (χ3v) is 5.09. The number of fused-ring (bicyclic) bond motifs is 1. The summed E-state index contributed by atoms with van der Waals surface area (Å²) in [4.78, 5) is 0. The Balaban J connectivity index is 1.48. The van der Waals surface area contributed by atoms with Crippen LogP contribution >= 0.6 is 23.2 Å². The fraction of sp³-hybridized carbons (Fsp3) is 0.0833. The first kappa shape index (κ1) is 19.6.